The van der Waals surface area contributed by atoms with Crippen molar-refractivity contribution >= 4 is 23.5 Å². The lowest BCUT2D eigenvalue weighted by Gasteiger charge is -2.34. The number of ether oxygens (including phenoxy) is 2. The number of nitrogens with one attached hydrogen (secondary N) is 1. The summed E-state index contributed by atoms with van der Waals surface area (Å²) in [5.74, 6) is 0.908. The van der Waals surface area contributed by atoms with Gasteiger partial charge in [-0.05, 0) is 47.6 Å². The summed E-state index contributed by atoms with van der Waals surface area (Å²) in [7, 11) is 1.60. The van der Waals surface area contributed by atoms with Crippen molar-refractivity contribution in [2.45, 2.75) is 39.2 Å². The van der Waals surface area contributed by atoms with Gasteiger partial charge >= 0.3 is 5.97 Å². The van der Waals surface area contributed by atoms with Crippen LogP contribution < -0.4 is 10.1 Å². The Hall–Kier alpha value is -3.08. The lowest BCUT2D eigenvalue weighted by Crippen LogP contribution is -2.45. The molecule has 5 heteroatoms. The smallest absolute Gasteiger partial charge is 0.339 e. The Labute approximate surface area is 184 Å². The Morgan fingerprint density at radius 3 is 2.58 bits per heavy atom. The zero-order valence-corrected chi connectivity index (χ0v) is 18.5. The molecule has 31 heavy (non-hydrogen) atoms. The average molecular weight is 422 g/mol. The Morgan fingerprint density at radius 2 is 1.84 bits per heavy atom. The number of carbonyl (C=O) groups is 2. The molecule has 0 aromatic heterocycles. The molecule has 0 spiro atoms. The van der Waals surface area contributed by atoms with Crippen molar-refractivity contribution < 1.29 is 19.1 Å². The summed E-state index contributed by atoms with van der Waals surface area (Å²) in [5, 5.41) is 3.05. The maximum Gasteiger partial charge on any atom is 0.339 e. The van der Waals surface area contributed by atoms with Gasteiger partial charge in [-0.25, -0.2) is 4.79 Å². The molecular formula is C26H31NO4. The predicted molar refractivity (Wildman–Crippen MR) is 122 cm³/mol. The molecule has 0 radical (unpaired) electrons. The van der Waals surface area contributed by atoms with Gasteiger partial charge in [-0.3, -0.25) is 4.79 Å². The van der Waals surface area contributed by atoms with Crippen molar-refractivity contribution in [3.05, 3.63) is 65.7 Å². The molecule has 0 aliphatic heterocycles. The first-order valence-corrected chi connectivity index (χ1v) is 10.9. The third-order valence-corrected chi connectivity index (χ3v) is 6.10. The minimum atomic E-state index is -0.533. The van der Waals surface area contributed by atoms with Gasteiger partial charge in [-0.1, -0.05) is 69.2 Å². The van der Waals surface area contributed by atoms with Crippen LogP contribution in [0.2, 0.25) is 0 Å². The van der Waals surface area contributed by atoms with E-state index in [0.29, 0.717) is 23.2 Å². The van der Waals surface area contributed by atoms with E-state index in [1.54, 1.807) is 13.2 Å². The van der Waals surface area contributed by atoms with Crippen LogP contribution in [0.1, 0.15) is 44.2 Å². The van der Waals surface area contributed by atoms with E-state index in [9.17, 15) is 9.59 Å². The van der Waals surface area contributed by atoms with Crippen molar-refractivity contribution in [2.24, 2.45) is 11.8 Å². The number of carbonyl (C=O) groups excluding carboxylic acids is 2. The second-order valence-corrected chi connectivity index (χ2v) is 8.22. The first-order valence-electron chi connectivity index (χ1n) is 10.9. The molecule has 1 N–H and O–H groups in total. The lowest BCUT2D eigenvalue weighted by molar-refractivity contribution is -0.143. The fourth-order valence-corrected chi connectivity index (χ4v) is 4.02. The fourth-order valence-electron chi connectivity index (χ4n) is 4.02. The normalized spacial score (nSPS) is 21.3. The molecule has 1 aliphatic carbocycles. The van der Waals surface area contributed by atoms with Gasteiger partial charge in [0.1, 0.15) is 5.75 Å². The number of rotatable bonds is 7. The molecule has 2 aromatic rings. The molecule has 1 saturated carbocycles. The SMILES string of the molecule is COc1cccc(/C=C(/C(=O)OCC(=O)N[C@@H]2CCC[C@H](C)[C@@H]2C)c2ccccc2)c1. The van der Waals surface area contributed by atoms with Crippen LogP contribution >= 0.6 is 0 Å². The van der Waals surface area contributed by atoms with Gasteiger partial charge in [-0.2, -0.15) is 0 Å². The topological polar surface area (TPSA) is 64.6 Å². The average Bonchev–Trinajstić information content (AvgIpc) is 2.79. The second-order valence-electron chi connectivity index (χ2n) is 8.22. The lowest BCUT2D eigenvalue weighted by atomic mass is 9.78. The van der Waals surface area contributed by atoms with Crippen molar-refractivity contribution in [1.82, 2.24) is 5.32 Å². The van der Waals surface area contributed by atoms with Crippen LogP contribution in [-0.2, 0) is 14.3 Å². The van der Waals surface area contributed by atoms with Crippen LogP contribution in [0.15, 0.2) is 54.6 Å². The van der Waals surface area contributed by atoms with Gasteiger partial charge in [0.15, 0.2) is 6.61 Å². The van der Waals surface area contributed by atoms with Crippen molar-refractivity contribution in [3.8, 4) is 5.75 Å². The molecule has 0 heterocycles. The van der Waals surface area contributed by atoms with Crippen LogP contribution in [0.5, 0.6) is 5.75 Å². The minimum absolute atomic E-state index is 0.135. The Kier molecular flexibility index (Phi) is 7.88. The van der Waals surface area contributed by atoms with E-state index in [-0.39, 0.29) is 18.6 Å². The summed E-state index contributed by atoms with van der Waals surface area (Å²) in [6, 6.07) is 16.9. The number of methoxy groups -OCH3 is 1. The zero-order valence-electron chi connectivity index (χ0n) is 18.5. The van der Waals surface area contributed by atoms with Crippen LogP contribution in [0.3, 0.4) is 0 Å². The van der Waals surface area contributed by atoms with Crippen molar-refractivity contribution in [2.75, 3.05) is 13.7 Å². The van der Waals surface area contributed by atoms with Crippen LogP contribution in [0.25, 0.3) is 11.6 Å². The molecule has 3 rings (SSSR count). The summed E-state index contributed by atoms with van der Waals surface area (Å²) >= 11 is 0. The predicted octanol–water partition coefficient (Wildman–Crippen LogP) is 4.72. The first-order chi connectivity index (χ1) is 15.0. The molecular weight excluding hydrogens is 390 g/mol. The van der Waals surface area contributed by atoms with Crippen molar-refractivity contribution in [3.63, 3.8) is 0 Å². The highest BCUT2D eigenvalue weighted by molar-refractivity contribution is 6.21. The van der Waals surface area contributed by atoms with Crippen LogP contribution in [0.4, 0.5) is 0 Å². The maximum atomic E-state index is 12.9. The Bertz CT molecular complexity index is 922. The first kappa shape index (κ1) is 22.6. The van der Waals surface area contributed by atoms with Gasteiger partial charge < -0.3 is 14.8 Å². The van der Waals surface area contributed by atoms with E-state index in [1.165, 1.54) is 6.42 Å². The summed E-state index contributed by atoms with van der Waals surface area (Å²) in [4.78, 5) is 25.4. The number of hydrogen-bond donors (Lipinski definition) is 1. The van der Waals surface area contributed by atoms with Crippen LogP contribution in [-0.4, -0.2) is 31.6 Å². The monoisotopic (exact) mass is 421 g/mol. The summed E-state index contributed by atoms with van der Waals surface area (Å²) in [6.07, 6.45) is 5.02. The maximum absolute atomic E-state index is 12.9. The second kappa shape index (κ2) is 10.8. The number of esters is 1. The quantitative estimate of drug-likeness (QED) is 0.399. The molecule has 5 nitrogen and oxygen atoms in total. The summed E-state index contributed by atoms with van der Waals surface area (Å²) < 4.78 is 10.7. The minimum Gasteiger partial charge on any atom is -0.497 e. The van der Waals surface area contributed by atoms with E-state index < -0.39 is 5.97 Å². The molecule has 164 valence electrons. The van der Waals surface area contributed by atoms with E-state index >= 15 is 0 Å². The van der Waals surface area contributed by atoms with E-state index in [1.807, 2.05) is 54.6 Å². The Morgan fingerprint density at radius 1 is 1.06 bits per heavy atom. The van der Waals surface area contributed by atoms with E-state index in [4.69, 9.17) is 9.47 Å². The summed E-state index contributed by atoms with van der Waals surface area (Å²) in [5.41, 5.74) is 1.93. The number of hydrogen-bond acceptors (Lipinski definition) is 4. The van der Waals surface area contributed by atoms with Gasteiger partial charge in [0.2, 0.25) is 0 Å². The van der Waals surface area contributed by atoms with Gasteiger partial charge in [-0.15, -0.1) is 0 Å². The molecule has 0 unspecified atom stereocenters. The molecule has 0 bridgehead atoms. The zero-order chi connectivity index (χ0) is 22.2. The van der Waals surface area contributed by atoms with Crippen molar-refractivity contribution in [1.29, 1.82) is 0 Å². The third-order valence-electron chi connectivity index (χ3n) is 6.10. The molecule has 2 aromatic carbocycles. The van der Waals surface area contributed by atoms with E-state index in [0.717, 1.165) is 24.0 Å². The standard InChI is InChI=1S/C26H31NO4/c1-18-9-7-14-24(19(18)2)27-25(28)17-31-26(29)23(21-11-5-4-6-12-21)16-20-10-8-13-22(15-20)30-3/h4-6,8,10-13,15-16,18-19,24H,7,9,14,17H2,1-3H3,(H,27,28)/b23-16+/t18-,19-,24+/m0/s1. The number of benzene rings is 2. The van der Waals surface area contributed by atoms with Crippen LogP contribution in [0, 0.1) is 11.8 Å². The largest absolute Gasteiger partial charge is 0.497 e. The fraction of sp³-hybridized carbons (Fsp3) is 0.385. The molecule has 1 amide bonds. The molecule has 3 atom stereocenters. The van der Waals surface area contributed by atoms with Gasteiger partial charge in [0.25, 0.3) is 5.91 Å². The highest BCUT2D eigenvalue weighted by atomic mass is 16.5. The molecule has 1 fully saturated rings. The van der Waals surface area contributed by atoms with E-state index in [2.05, 4.69) is 19.2 Å². The molecule has 1 aliphatic rings. The third kappa shape index (κ3) is 6.20. The summed E-state index contributed by atoms with van der Waals surface area (Å²) in [6.45, 7) is 4.10. The van der Waals surface area contributed by atoms with Gasteiger partial charge in [0, 0.05) is 6.04 Å². The van der Waals surface area contributed by atoms with Gasteiger partial charge in [0.05, 0.1) is 12.7 Å². The highest BCUT2D eigenvalue weighted by Crippen LogP contribution is 2.29. The molecule has 0 saturated heterocycles. The number of amides is 1. The highest BCUT2D eigenvalue weighted by Gasteiger charge is 2.28. The Balaban J connectivity index is 1.70.